The summed E-state index contributed by atoms with van der Waals surface area (Å²) in [5, 5.41) is 0.773. The Morgan fingerprint density at radius 3 is 1.11 bits per heavy atom. The van der Waals surface area contributed by atoms with Crippen molar-refractivity contribution in [3.8, 4) is 0 Å². The van der Waals surface area contributed by atoms with E-state index in [0.717, 1.165) is 33.4 Å². The monoisotopic (exact) mass is 968 g/mol. The highest BCUT2D eigenvalue weighted by Crippen LogP contribution is 2.39. The van der Waals surface area contributed by atoms with Crippen molar-refractivity contribution in [2.24, 2.45) is 20.8 Å². The molecule has 0 radical (unpaired) electrons. The van der Waals surface area contributed by atoms with Crippen LogP contribution in [0.25, 0.3) is 0 Å². The highest BCUT2D eigenvalue weighted by Gasteiger charge is 2.52. The Hall–Kier alpha value is -7.02. The van der Waals surface area contributed by atoms with Crippen LogP contribution in [-0.4, -0.2) is 69.4 Å². The molecule has 2 aliphatic heterocycles. The zero-order valence-corrected chi connectivity index (χ0v) is 41.5. The van der Waals surface area contributed by atoms with E-state index in [2.05, 4.69) is 9.98 Å². The van der Waals surface area contributed by atoms with E-state index < -0.39 is 22.6 Å². The molecule has 0 spiro atoms. The molecule has 2 heterocycles. The van der Waals surface area contributed by atoms with E-state index in [9.17, 15) is 28.8 Å². The lowest BCUT2D eigenvalue weighted by Crippen LogP contribution is -2.53. The van der Waals surface area contributed by atoms with E-state index >= 15 is 0 Å². The number of rotatable bonds is 16. The summed E-state index contributed by atoms with van der Waals surface area (Å²) >= 11 is 2.73. The number of aryl methyl sites for hydroxylation is 2. The molecular formula is C58H56N4O6S2. The van der Waals surface area contributed by atoms with Gasteiger partial charge < -0.3 is 0 Å². The third-order valence-electron chi connectivity index (χ3n) is 12.6. The topological polar surface area (TPSA) is 134 Å². The van der Waals surface area contributed by atoms with Gasteiger partial charge >= 0.3 is 0 Å². The average Bonchev–Trinajstić information content (AvgIpc) is 3.38. The number of carbonyl (C=O) groups excluding carboxylic acids is 6. The number of hydrogen-bond donors (Lipinski definition) is 0. The lowest BCUT2D eigenvalue weighted by atomic mass is 9.74. The van der Waals surface area contributed by atoms with Gasteiger partial charge in [0.15, 0.2) is 21.9 Å². The van der Waals surface area contributed by atoms with Gasteiger partial charge in [-0.3, -0.25) is 38.6 Å². The van der Waals surface area contributed by atoms with Crippen LogP contribution in [0.5, 0.6) is 0 Å². The van der Waals surface area contributed by atoms with Gasteiger partial charge in [0.1, 0.15) is 10.8 Å². The Labute approximate surface area is 418 Å². The third kappa shape index (κ3) is 12.4. The molecule has 0 aliphatic carbocycles. The minimum Gasteiger partial charge on any atom is -0.294 e. The van der Waals surface area contributed by atoms with E-state index in [1.54, 1.807) is 26.2 Å². The van der Waals surface area contributed by atoms with E-state index in [1.807, 2.05) is 172 Å². The molecule has 70 heavy (non-hydrogen) atoms. The second-order valence-corrected chi connectivity index (χ2v) is 19.6. The van der Waals surface area contributed by atoms with E-state index in [1.165, 1.54) is 33.3 Å². The smallest absolute Gasteiger partial charge is 0.264 e. The van der Waals surface area contributed by atoms with Gasteiger partial charge in [0.05, 0.1) is 0 Å². The molecule has 356 valence electrons. The Kier molecular flexibility index (Phi) is 17.1. The van der Waals surface area contributed by atoms with Gasteiger partial charge in [-0.05, 0) is 73.9 Å². The Morgan fingerprint density at radius 2 is 0.786 bits per heavy atom. The molecule has 4 amide bonds. The summed E-state index contributed by atoms with van der Waals surface area (Å²) in [5.74, 6) is -0.545. The predicted octanol–water partition coefficient (Wildman–Crippen LogP) is 11.0. The maximum atomic E-state index is 13.8. The summed E-state index contributed by atoms with van der Waals surface area (Å²) in [4.78, 5) is 92.3. The molecular weight excluding hydrogens is 913 g/mol. The first-order chi connectivity index (χ1) is 33.8. The predicted molar refractivity (Wildman–Crippen MR) is 281 cm³/mol. The van der Waals surface area contributed by atoms with Crippen molar-refractivity contribution in [1.29, 1.82) is 0 Å². The van der Waals surface area contributed by atoms with Crippen LogP contribution < -0.4 is 0 Å². The molecule has 6 aromatic carbocycles. The molecule has 0 saturated carbocycles. The molecule has 0 bridgehead atoms. The lowest BCUT2D eigenvalue weighted by molar-refractivity contribution is -0.149. The number of benzene rings is 6. The van der Waals surface area contributed by atoms with Crippen molar-refractivity contribution in [1.82, 2.24) is 9.80 Å². The van der Waals surface area contributed by atoms with Gasteiger partial charge in [-0.2, -0.15) is 9.98 Å². The molecule has 8 rings (SSSR count). The zero-order valence-electron chi connectivity index (χ0n) is 39.9. The van der Waals surface area contributed by atoms with Gasteiger partial charge in [-0.1, -0.05) is 192 Å². The number of nitrogens with zero attached hydrogens (tertiary/aromatic N) is 4. The normalized spacial score (nSPS) is 17.9. The first-order valence-corrected chi connectivity index (χ1v) is 25.2. The molecule has 2 aliphatic rings. The minimum absolute atomic E-state index is 0.0855. The summed E-state index contributed by atoms with van der Waals surface area (Å²) < 4.78 is 0. The van der Waals surface area contributed by atoms with Gasteiger partial charge in [-0.15, -0.1) is 0 Å². The fraction of sp³-hybridized carbons (Fsp3) is 0.241. The summed E-state index contributed by atoms with van der Waals surface area (Å²) in [6.07, 6.45) is 0.801. The number of hydrogen-bond acceptors (Lipinski definition) is 8. The van der Waals surface area contributed by atoms with Crippen LogP contribution in [-0.2, 0) is 43.5 Å². The summed E-state index contributed by atoms with van der Waals surface area (Å²) in [6, 6.07) is 53.3. The third-order valence-corrected chi connectivity index (χ3v) is 14.8. The second-order valence-electron chi connectivity index (χ2n) is 17.8. The summed E-state index contributed by atoms with van der Waals surface area (Å²) in [5.41, 5.74) is 4.23. The van der Waals surface area contributed by atoms with Crippen molar-refractivity contribution in [3.05, 3.63) is 214 Å². The highest BCUT2D eigenvalue weighted by molar-refractivity contribution is 8.13. The second kappa shape index (κ2) is 23.5. The van der Waals surface area contributed by atoms with E-state index in [0.29, 0.717) is 33.0 Å². The number of ketones is 2. The van der Waals surface area contributed by atoms with Crippen LogP contribution in [0.15, 0.2) is 180 Å². The van der Waals surface area contributed by atoms with Crippen molar-refractivity contribution < 1.29 is 28.8 Å². The van der Waals surface area contributed by atoms with Crippen LogP contribution in [0.3, 0.4) is 0 Å². The van der Waals surface area contributed by atoms with Crippen molar-refractivity contribution >= 4 is 69.1 Å². The number of amidine groups is 2. The maximum absolute atomic E-state index is 13.8. The van der Waals surface area contributed by atoms with Crippen LogP contribution >= 0.6 is 23.5 Å². The van der Waals surface area contributed by atoms with Crippen molar-refractivity contribution in [2.45, 2.75) is 63.9 Å². The quantitative estimate of drug-likeness (QED) is 0.0691. The van der Waals surface area contributed by atoms with E-state index in [-0.39, 0.29) is 61.9 Å². The Balaban J connectivity index is 0.000000206. The van der Waals surface area contributed by atoms with E-state index in [4.69, 9.17) is 0 Å². The van der Waals surface area contributed by atoms with Gasteiger partial charge in [0.25, 0.3) is 11.8 Å². The number of amides is 4. The highest BCUT2D eigenvalue weighted by atomic mass is 32.2. The number of carbonyl (C=O) groups is 6. The molecule has 0 N–H and O–H groups in total. The van der Waals surface area contributed by atoms with Gasteiger partial charge in [0.2, 0.25) is 11.8 Å². The number of thioether (sulfide) groups is 2. The zero-order chi connectivity index (χ0) is 49.7. The fourth-order valence-corrected chi connectivity index (χ4v) is 10.4. The maximum Gasteiger partial charge on any atom is 0.264 e. The van der Waals surface area contributed by atoms with Crippen LogP contribution in [0.1, 0.15) is 79.8 Å². The molecule has 0 unspecified atom stereocenters. The van der Waals surface area contributed by atoms with Crippen LogP contribution in [0.2, 0.25) is 0 Å². The van der Waals surface area contributed by atoms with Gasteiger partial charge in [-0.25, -0.2) is 0 Å². The summed E-state index contributed by atoms with van der Waals surface area (Å²) in [6.45, 7) is 3.86. The first-order valence-electron chi connectivity index (χ1n) is 23.2. The molecule has 12 heteroatoms. The van der Waals surface area contributed by atoms with Crippen LogP contribution in [0.4, 0.5) is 0 Å². The molecule has 0 fully saturated rings. The van der Waals surface area contributed by atoms with Crippen LogP contribution in [0, 0.1) is 24.7 Å². The summed E-state index contributed by atoms with van der Waals surface area (Å²) in [7, 11) is 3.32. The van der Waals surface area contributed by atoms with Crippen molar-refractivity contribution in [3.63, 3.8) is 0 Å². The molecule has 0 aromatic heterocycles. The fourth-order valence-electron chi connectivity index (χ4n) is 8.61. The van der Waals surface area contributed by atoms with Crippen molar-refractivity contribution in [2.75, 3.05) is 14.1 Å². The number of Topliss-reactive ketones (excluding diaryl/α,β-unsaturated/α-hetero) is 2. The molecule has 6 aromatic rings. The first kappa shape index (κ1) is 50.8. The minimum atomic E-state index is -1.41. The number of aliphatic imine (C=N–C) groups is 2. The molecule has 2 atom stereocenters. The van der Waals surface area contributed by atoms with Gasteiger partial charge in [0, 0.05) is 49.6 Å². The molecule has 10 nitrogen and oxygen atoms in total. The standard InChI is InChI=1S/2C29H28N2O3S/c2*1-21-10-9-15-24(18-21)25(32)16-17-29(19-22-11-5-3-6-12-22)26(33)30-28(31(2)27(29)34)35-20-23-13-7-4-8-14-23/h2*3-15,18H,16-17,19-20H2,1-2H3/t2*29-/m11/s1. The Bertz CT molecular complexity index is 2710. The Morgan fingerprint density at radius 1 is 0.457 bits per heavy atom. The molecule has 0 saturated heterocycles. The average molecular weight is 969 g/mol. The largest absolute Gasteiger partial charge is 0.294 e. The SMILES string of the molecule is Cc1cccc(C(=O)CC[C@@]2(Cc3ccccc3)C(=O)N=C(SCc3ccccc3)N(C)C2=O)c1.Cc1cccc(C(=O)CC[C@@]2(Cc3ccccc3)C(=O)N=C(SCc3ccccc3)N(C)C2=O)c1. The lowest BCUT2D eigenvalue weighted by Gasteiger charge is -2.37.